The van der Waals surface area contributed by atoms with Gasteiger partial charge >= 0.3 is 0 Å². The Labute approximate surface area is 203 Å². The maximum absolute atomic E-state index is 13.4. The highest BCUT2D eigenvalue weighted by Crippen LogP contribution is 2.44. The summed E-state index contributed by atoms with van der Waals surface area (Å²) in [4.78, 5) is 28.1. The predicted molar refractivity (Wildman–Crippen MR) is 132 cm³/mol. The van der Waals surface area contributed by atoms with Crippen LogP contribution in [0.3, 0.4) is 0 Å². The van der Waals surface area contributed by atoms with Gasteiger partial charge in [0.15, 0.2) is 0 Å². The summed E-state index contributed by atoms with van der Waals surface area (Å²) >= 11 is 6.26. The van der Waals surface area contributed by atoms with Gasteiger partial charge in [-0.3, -0.25) is 14.5 Å². The topological polar surface area (TPSA) is 76.1 Å². The summed E-state index contributed by atoms with van der Waals surface area (Å²) in [5.41, 5.74) is 3.33. The van der Waals surface area contributed by atoms with E-state index < -0.39 is 17.7 Å². The number of benzene rings is 3. The molecule has 1 aliphatic rings. The number of carbonyl (C=O) groups is 2. The van der Waals surface area contributed by atoms with Gasteiger partial charge in [-0.25, -0.2) is 0 Å². The second kappa shape index (κ2) is 9.23. The third kappa shape index (κ3) is 4.01. The van der Waals surface area contributed by atoms with Gasteiger partial charge in [-0.15, -0.1) is 0 Å². The van der Waals surface area contributed by atoms with Gasteiger partial charge in [0.05, 0.1) is 30.9 Å². The Bertz CT molecular complexity index is 1310. The number of ether oxygens (including phenoxy) is 2. The molecule has 0 saturated carbocycles. The third-order valence-corrected chi connectivity index (χ3v) is 6.22. The minimum absolute atomic E-state index is 0.0164. The number of aryl methyl sites for hydroxylation is 2. The van der Waals surface area contributed by atoms with Crippen LogP contribution in [0.2, 0.25) is 5.02 Å². The molecule has 1 heterocycles. The minimum Gasteiger partial charge on any atom is -0.507 e. The minimum atomic E-state index is -0.840. The van der Waals surface area contributed by atoms with Gasteiger partial charge in [-0.05, 0) is 66.9 Å². The molecule has 0 aliphatic carbocycles. The van der Waals surface area contributed by atoms with Crippen LogP contribution >= 0.6 is 11.6 Å². The molecule has 1 saturated heterocycles. The maximum Gasteiger partial charge on any atom is 0.300 e. The van der Waals surface area contributed by atoms with Crippen molar-refractivity contribution in [3.8, 4) is 11.5 Å². The number of methoxy groups -OCH3 is 2. The molecule has 1 aliphatic heterocycles. The van der Waals surface area contributed by atoms with Gasteiger partial charge < -0.3 is 14.6 Å². The summed E-state index contributed by atoms with van der Waals surface area (Å²) in [5.74, 6) is -0.728. The fourth-order valence-electron chi connectivity index (χ4n) is 4.13. The lowest BCUT2D eigenvalue weighted by Crippen LogP contribution is -2.30. The second-order valence-corrected chi connectivity index (χ2v) is 8.49. The van der Waals surface area contributed by atoms with E-state index in [9.17, 15) is 14.7 Å². The number of ketones is 1. The monoisotopic (exact) mass is 477 g/mol. The number of hydrogen-bond acceptors (Lipinski definition) is 5. The van der Waals surface area contributed by atoms with Gasteiger partial charge in [0, 0.05) is 11.3 Å². The van der Waals surface area contributed by atoms with Crippen LogP contribution in [0, 0.1) is 13.8 Å². The lowest BCUT2D eigenvalue weighted by molar-refractivity contribution is -0.132. The standard InChI is InChI=1S/C27H24ClNO5/c1-15-5-6-16(2)21(13-15)29-24(17-7-10-19(33-3)11-8-17)23(26(31)27(29)32)25(30)18-9-12-22(34-4)20(28)14-18/h5-14,24,30H,1-4H3/b25-23-. The summed E-state index contributed by atoms with van der Waals surface area (Å²) in [6, 6.07) is 16.6. The molecule has 0 aromatic heterocycles. The Hall–Kier alpha value is -3.77. The Balaban J connectivity index is 1.96. The van der Waals surface area contributed by atoms with E-state index in [1.165, 1.54) is 18.1 Å². The van der Waals surface area contributed by atoms with Crippen molar-refractivity contribution in [3.05, 3.63) is 93.5 Å². The molecule has 1 N–H and O–H groups in total. The van der Waals surface area contributed by atoms with Gasteiger partial charge in [0.1, 0.15) is 17.3 Å². The van der Waals surface area contributed by atoms with Crippen LogP contribution in [-0.4, -0.2) is 31.0 Å². The maximum atomic E-state index is 13.4. The molecule has 0 radical (unpaired) electrons. The Morgan fingerprint density at radius 1 is 0.941 bits per heavy atom. The van der Waals surface area contributed by atoms with Gasteiger partial charge in [-0.2, -0.15) is 0 Å². The van der Waals surface area contributed by atoms with Gasteiger partial charge in [-0.1, -0.05) is 35.9 Å². The average Bonchev–Trinajstić information content (AvgIpc) is 3.10. The number of halogens is 1. The number of aliphatic hydroxyl groups excluding tert-OH is 1. The molecular weight excluding hydrogens is 454 g/mol. The van der Waals surface area contributed by atoms with E-state index in [-0.39, 0.29) is 16.4 Å². The first-order chi connectivity index (χ1) is 16.3. The predicted octanol–water partition coefficient (Wildman–Crippen LogP) is 5.60. The van der Waals surface area contributed by atoms with E-state index in [0.29, 0.717) is 28.3 Å². The molecule has 0 spiro atoms. The number of rotatable bonds is 5. The highest BCUT2D eigenvalue weighted by Gasteiger charge is 2.47. The molecule has 6 nitrogen and oxygen atoms in total. The molecule has 1 amide bonds. The first-order valence-electron chi connectivity index (χ1n) is 10.6. The van der Waals surface area contributed by atoms with E-state index >= 15 is 0 Å². The van der Waals surface area contributed by atoms with Crippen LogP contribution in [0.5, 0.6) is 11.5 Å². The average molecular weight is 478 g/mol. The largest absolute Gasteiger partial charge is 0.507 e. The highest BCUT2D eigenvalue weighted by molar-refractivity contribution is 6.51. The normalized spacial score (nSPS) is 17.2. The molecule has 34 heavy (non-hydrogen) atoms. The van der Waals surface area contributed by atoms with Crippen LogP contribution < -0.4 is 14.4 Å². The summed E-state index contributed by atoms with van der Waals surface area (Å²) in [7, 11) is 3.05. The van der Waals surface area contributed by atoms with Crippen molar-refractivity contribution in [2.45, 2.75) is 19.9 Å². The zero-order valence-corrected chi connectivity index (χ0v) is 20.0. The van der Waals surface area contributed by atoms with E-state index in [1.807, 2.05) is 32.0 Å². The van der Waals surface area contributed by atoms with Gasteiger partial charge in [0.25, 0.3) is 11.7 Å². The van der Waals surface area contributed by atoms with Crippen molar-refractivity contribution in [1.82, 2.24) is 0 Å². The van der Waals surface area contributed by atoms with Crippen molar-refractivity contribution >= 4 is 34.7 Å². The smallest absolute Gasteiger partial charge is 0.300 e. The first-order valence-corrected chi connectivity index (χ1v) is 11.0. The number of aliphatic hydroxyl groups is 1. The SMILES string of the molecule is COc1ccc(C2/C(=C(/O)c3ccc(OC)c(Cl)c3)C(=O)C(=O)N2c2cc(C)ccc2C)cc1. The number of carbonyl (C=O) groups excluding carboxylic acids is 2. The van der Waals surface area contributed by atoms with Crippen LogP contribution in [0.1, 0.15) is 28.3 Å². The molecule has 0 bridgehead atoms. The summed E-state index contributed by atoms with van der Waals surface area (Å²) in [6.45, 7) is 3.80. The van der Waals surface area contributed by atoms with E-state index in [4.69, 9.17) is 21.1 Å². The molecule has 1 unspecified atom stereocenters. The van der Waals surface area contributed by atoms with Crippen molar-refractivity contribution < 1.29 is 24.2 Å². The Kier molecular flexibility index (Phi) is 6.35. The van der Waals surface area contributed by atoms with Crippen molar-refractivity contribution in [2.75, 3.05) is 19.1 Å². The molecule has 174 valence electrons. The quantitative estimate of drug-likeness (QED) is 0.294. The number of Topliss-reactive ketones (excluding diaryl/α,β-unsaturated/α-hetero) is 1. The number of nitrogens with zero attached hydrogens (tertiary/aromatic N) is 1. The molecule has 4 rings (SSSR count). The van der Waals surface area contributed by atoms with Crippen LogP contribution in [0.25, 0.3) is 5.76 Å². The molecule has 1 fully saturated rings. The molecular formula is C27H24ClNO5. The van der Waals surface area contributed by atoms with Crippen LogP contribution in [0.4, 0.5) is 5.69 Å². The zero-order chi connectivity index (χ0) is 24.6. The summed E-state index contributed by atoms with van der Waals surface area (Å²) < 4.78 is 10.4. The highest BCUT2D eigenvalue weighted by atomic mass is 35.5. The summed E-state index contributed by atoms with van der Waals surface area (Å²) in [6.07, 6.45) is 0. The van der Waals surface area contributed by atoms with E-state index in [0.717, 1.165) is 11.1 Å². The third-order valence-electron chi connectivity index (χ3n) is 5.93. The Morgan fingerprint density at radius 3 is 2.26 bits per heavy atom. The number of hydrogen-bond donors (Lipinski definition) is 1. The molecule has 3 aromatic carbocycles. The summed E-state index contributed by atoms with van der Waals surface area (Å²) in [5, 5.41) is 11.5. The van der Waals surface area contributed by atoms with Gasteiger partial charge in [0.2, 0.25) is 0 Å². The second-order valence-electron chi connectivity index (χ2n) is 8.08. The van der Waals surface area contributed by atoms with E-state index in [1.54, 1.807) is 43.5 Å². The Morgan fingerprint density at radius 2 is 1.65 bits per heavy atom. The fraction of sp³-hybridized carbons (Fsp3) is 0.185. The molecule has 7 heteroatoms. The lowest BCUT2D eigenvalue weighted by atomic mass is 9.94. The molecule has 1 atom stereocenters. The molecule has 3 aromatic rings. The van der Waals surface area contributed by atoms with Crippen molar-refractivity contribution in [1.29, 1.82) is 0 Å². The lowest BCUT2D eigenvalue weighted by Gasteiger charge is -2.27. The first kappa shape index (κ1) is 23.4. The number of amides is 1. The fourth-order valence-corrected chi connectivity index (χ4v) is 4.39. The number of anilines is 1. The van der Waals surface area contributed by atoms with E-state index in [2.05, 4.69) is 0 Å². The van der Waals surface area contributed by atoms with Crippen molar-refractivity contribution in [3.63, 3.8) is 0 Å². The van der Waals surface area contributed by atoms with Crippen molar-refractivity contribution in [2.24, 2.45) is 0 Å². The van der Waals surface area contributed by atoms with Crippen LogP contribution in [-0.2, 0) is 9.59 Å². The van der Waals surface area contributed by atoms with Crippen LogP contribution in [0.15, 0.2) is 66.2 Å². The zero-order valence-electron chi connectivity index (χ0n) is 19.3.